The molecule has 2 heterocycles. The van der Waals surface area contributed by atoms with E-state index in [1.807, 2.05) is 0 Å². The second-order valence-corrected chi connectivity index (χ2v) is 7.32. The van der Waals surface area contributed by atoms with Gasteiger partial charge in [0.05, 0.1) is 5.92 Å². The number of likely N-dealkylation sites (tertiary alicyclic amines) is 1. The molecule has 0 aliphatic carbocycles. The summed E-state index contributed by atoms with van der Waals surface area (Å²) in [4.78, 5) is 26.3. The average Bonchev–Trinajstić information content (AvgIpc) is 2.58. The van der Waals surface area contributed by atoms with Gasteiger partial charge in [-0.1, -0.05) is 13.8 Å². The Balaban J connectivity index is 0.00000288. The molecule has 140 valence electrons. The number of piperidine rings is 2. The van der Waals surface area contributed by atoms with Crippen LogP contribution in [-0.4, -0.2) is 56.1 Å². The minimum atomic E-state index is -0.0647. The third-order valence-electron chi connectivity index (χ3n) is 4.70. The number of urea groups is 1. The quantitative estimate of drug-likeness (QED) is 0.697. The van der Waals surface area contributed by atoms with Crippen LogP contribution in [-0.2, 0) is 4.79 Å². The minimum absolute atomic E-state index is 0. The van der Waals surface area contributed by atoms with E-state index in [1.165, 1.54) is 12.8 Å². The molecule has 7 heteroatoms. The van der Waals surface area contributed by atoms with Crippen LogP contribution in [0.4, 0.5) is 4.79 Å². The van der Waals surface area contributed by atoms with Gasteiger partial charge in [-0.3, -0.25) is 4.79 Å². The van der Waals surface area contributed by atoms with E-state index in [1.54, 1.807) is 4.90 Å². The van der Waals surface area contributed by atoms with Gasteiger partial charge in [-0.2, -0.15) is 0 Å². The van der Waals surface area contributed by atoms with Crippen LogP contribution in [0.15, 0.2) is 0 Å². The third kappa shape index (κ3) is 6.85. The van der Waals surface area contributed by atoms with E-state index in [9.17, 15) is 9.59 Å². The standard InChI is InChI=1S/C17H32N4O2.ClH/c1-13(2)9-20-17(23)21-8-4-6-15(12-21)16(22)19-11-14-5-3-7-18-10-14;/h13-15,18H,3-12H2,1-2H3,(H,19,22)(H,20,23);1H. The normalized spacial score (nSPS) is 24.2. The second kappa shape index (κ2) is 10.8. The van der Waals surface area contributed by atoms with E-state index in [0.29, 0.717) is 24.9 Å². The summed E-state index contributed by atoms with van der Waals surface area (Å²) in [5.41, 5.74) is 0. The molecule has 2 aliphatic rings. The van der Waals surface area contributed by atoms with E-state index < -0.39 is 0 Å². The first-order valence-electron chi connectivity index (χ1n) is 9.07. The monoisotopic (exact) mass is 360 g/mol. The highest BCUT2D eigenvalue weighted by molar-refractivity contribution is 5.85. The van der Waals surface area contributed by atoms with Gasteiger partial charge in [0.15, 0.2) is 0 Å². The van der Waals surface area contributed by atoms with Crippen molar-refractivity contribution < 1.29 is 9.59 Å². The summed E-state index contributed by atoms with van der Waals surface area (Å²) in [7, 11) is 0. The lowest BCUT2D eigenvalue weighted by atomic mass is 9.96. The van der Waals surface area contributed by atoms with E-state index in [0.717, 1.165) is 39.0 Å². The summed E-state index contributed by atoms with van der Waals surface area (Å²) in [5, 5.41) is 9.41. The molecule has 2 unspecified atom stereocenters. The SMILES string of the molecule is CC(C)CNC(=O)N1CCCC(C(=O)NCC2CCCNC2)C1.Cl. The van der Waals surface area contributed by atoms with Gasteiger partial charge in [-0.15, -0.1) is 12.4 Å². The fraction of sp³-hybridized carbons (Fsp3) is 0.882. The average molecular weight is 361 g/mol. The predicted octanol–water partition coefficient (Wildman–Crippen LogP) is 1.60. The van der Waals surface area contributed by atoms with Crippen molar-refractivity contribution in [2.24, 2.45) is 17.8 Å². The predicted molar refractivity (Wildman–Crippen MR) is 98.4 cm³/mol. The van der Waals surface area contributed by atoms with Crippen LogP contribution in [0.2, 0.25) is 0 Å². The van der Waals surface area contributed by atoms with Crippen molar-refractivity contribution in [3.8, 4) is 0 Å². The van der Waals surface area contributed by atoms with Crippen molar-refractivity contribution in [3.63, 3.8) is 0 Å². The van der Waals surface area contributed by atoms with Gasteiger partial charge in [-0.05, 0) is 50.6 Å². The number of hydrogen-bond acceptors (Lipinski definition) is 3. The Morgan fingerprint density at radius 2 is 2.00 bits per heavy atom. The smallest absolute Gasteiger partial charge is 0.317 e. The molecule has 0 aromatic carbocycles. The maximum absolute atomic E-state index is 12.4. The van der Waals surface area contributed by atoms with E-state index in [4.69, 9.17) is 0 Å². The first-order chi connectivity index (χ1) is 11.1. The lowest BCUT2D eigenvalue weighted by Gasteiger charge is -2.32. The number of rotatable bonds is 5. The van der Waals surface area contributed by atoms with Gasteiger partial charge in [0.2, 0.25) is 5.91 Å². The van der Waals surface area contributed by atoms with Gasteiger partial charge in [0.1, 0.15) is 0 Å². The molecular weight excluding hydrogens is 328 g/mol. The molecular formula is C17H33ClN4O2. The summed E-state index contributed by atoms with van der Waals surface area (Å²) in [6.07, 6.45) is 4.15. The Hall–Kier alpha value is -1.01. The summed E-state index contributed by atoms with van der Waals surface area (Å²) in [6, 6.07) is -0.0346. The molecule has 0 radical (unpaired) electrons. The highest BCUT2D eigenvalue weighted by Crippen LogP contribution is 2.17. The van der Waals surface area contributed by atoms with Crippen LogP contribution >= 0.6 is 12.4 Å². The number of halogens is 1. The number of carbonyl (C=O) groups is 2. The fourth-order valence-electron chi connectivity index (χ4n) is 3.27. The van der Waals surface area contributed by atoms with Crippen LogP contribution < -0.4 is 16.0 Å². The van der Waals surface area contributed by atoms with Gasteiger partial charge < -0.3 is 20.9 Å². The molecule has 2 rings (SSSR count). The molecule has 3 N–H and O–H groups in total. The topological polar surface area (TPSA) is 73.5 Å². The van der Waals surface area contributed by atoms with Crippen molar-refractivity contribution in [2.75, 3.05) is 39.3 Å². The molecule has 0 spiro atoms. The maximum atomic E-state index is 12.4. The minimum Gasteiger partial charge on any atom is -0.355 e. The summed E-state index contributed by atoms with van der Waals surface area (Å²) < 4.78 is 0. The highest BCUT2D eigenvalue weighted by atomic mass is 35.5. The van der Waals surface area contributed by atoms with Crippen LogP contribution in [0.1, 0.15) is 39.5 Å². The molecule has 2 saturated heterocycles. The van der Waals surface area contributed by atoms with Crippen molar-refractivity contribution in [1.29, 1.82) is 0 Å². The maximum Gasteiger partial charge on any atom is 0.317 e. The molecule has 24 heavy (non-hydrogen) atoms. The Kier molecular flexibility index (Phi) is 9.44. The second-order valence-electron chi connectivity index (χ2n) is 7.32. The van der Waals surface area contributed by atoms with Crippen LogP contribution in [0.25, 0.3) is 0 Å². The van der Waals surface area contributed by atoms with Crippen LogP contribution in [0, 0.1) is 17.8 Å². The van der Waals surface area contributed by atoms with E-state index >= 15 is 0 Å². The van der Waals surface area contributed by atoms with Crippen LogP contribution in [0.3, 0.4) is 0 Å². The van der Waals surface area contributed by atoms with Gasteiger partial charge in [0.25, 0.3) is 0 Å². The molecule has 0 saturated carbocycles. The number of nitrogens with zero attached hydrogens (tertiary/aromatic N) is 1. The summed E-state index contributed by atoms with van der Waals surface area (Å²) in [5.74, 6) is 1.02. The number of hydrogen-bond donors (Lipinski definition) is 3. The highest BCUT2D eigenvalue weighted by Gasteiger charge is 2.28. The number of amides is 3. The molecule has 0 aromatic rings. The Morgan fingerprint density at radius 1 is 1.21 bits per heavy atom. The number of carbonyl (C=O) groups excluding carboxylic acids is 2. The lowest BCUT2D eigenvalue weighted by molar-refractivity contribution is -0.126. The Labute approximate surface area is 151 Å². The van der Waals surface area contributed by atoms with Gasteiger partial charge in [0, 0.05) is 26.2 Å². The van der Waals surface area contributed by atoms with Crippen molar-refractivity contribution in [1.82, 2.24) is 20.9 Å². The molecule has 2 aliphatic heterocycles. The van der Waals surface area contributed by atoms with Crippen molar-refractivity contribution in [3.05, 3.63) is 0 Å². The Morgan fingerprint density at radius 3 is 2.67 bits per heavy atom. The van der Waals surface area contributed by atoms with Crippen LogP contribution in [0.5, 0.6) is 0 Å². The zero-order chi connectivity index (χ0) is 16.7. The molecule has 6 nitrogen and oxygen atoms in total. The number of nitrogens with one attached hydrogen (secondary N) is 3. The molecule has 2 atom stereocenters. The van der Waals surface area contributed by atoms with Gasteiger partial charge >= 0.3 is 6.03 Å². The lowest BCUT2D eigenvalue weighted by Crippen LogP contribution is -2.50. The summed E-state index contributed by atoms with van der Waals surface area (Å²) in [6.45, 7) is 8.96. The van der Waals surface area contributed by atoms with Crippen molar-refractivity contribution in [2.45, 2.75) is 39.5 Å². The molecule has 3 amide bonds. The molecule has 0 aromatic heterocycles. The van der Waals surface area contributed by atoms with E-state index in [2.05, 4.69) is 29.8 Å². The summed E-state index contributed by atoms with van der Waals surface area (Å²) >= 11 is 0. The first-order valence-corrected chi connectivity index (χ1v) is 9.07. The third-order valence-corrected chi connectivity index (χ3v) is 4.70. The Bertz CT molecular complexity index is 400. The molecule has 2 fully saturated rings. The first kappa shape index (κ1) is 21.0. The van der Waals surface area contributed by atoms with E-state index in [-0.39, 0.29) is 30.3 Å². The largest absolute Gasteiger partial charge is 0.355 e. The fourth-order valence-corrected chi connectivity index (χ4v) is 3.27. The zero-order valence-electron chi connectivity index (χ0n) is 15.0. The molecule has 0 bridgehead atoms. The zero-order valence-corrected chi connectivity index (χ0v) is 15.8. The van der Waals surface area contributed by atoms with Crippen molar-refractivity contribution >= 4 is 24.3 Å². The van der Waals surface area contributed by atoms with Gasteiger partial charge in [-0.25, -0.2) is 4.79 Å².